The van der Waals surface area contributed by atoms with Crippen molar-refractivity contribution >= 4 is 17.3 Å². The second kappa shape index (κ2) is 7.26. The first kappa shape index (κ1) is 18.5. The normalized spacial score (nSPS) is 14.1. The van der Waals surface area contributed by atoms with Gasteiger partial charge in [-0.05, 0) is 42.8 Å². The summed E-state index contributed by atoms with van der Waals surface area (Å²) in [5, 5.41) is 10.1. The van der Waals surface area contributed by atoms with Crippen molar-refractivity contribution in [1.82, 2.24) is 14.9 Å². The van der Waals surface area contributed by atoms with Crippen LogP contribution in [0.15, 0.2) is 41.2 Å². The summed E-state index contributed by atoms with van der Waals surface area (Å²) >= 11 is 5.86. The highest BCUT2D eigenvalue weighted by Gasteiger charge is 2.23. The van der Waals surface area contributed by atoms with Crippen molar-refractivity contribution in [1.29, 1.82) is 0 Å². The van der Waals surface area contributed by atoms with Crippen LogP contribution >= 0.6 is 11.6 Å². The molecule has 28 heavy (non-hydrogen) atoms. The molecule has 0 saturated carbocycles. The summed E-state index contributed by atoms with van der Waals surface area (Å²) in [5.41, 5.74) is 8.67. The monoisotopic (exact) mass is 400 g/mol. The van der Waals surface area contributed by atoms with Gasteiger partial charge in [0.1, 0.15) is 17.4 Å². The molecule has 2 heterocycles. The SMILES string of the molecule is Nc1ccc(-c2nc3c(c(=O)[nH]2)CCN(Cc2cc(F)cc(Cl)c2O)C3)cc1. The summed E-state index contributed by atoms with van der Waals surface area (Å²) in [5.74, 6) is -0.159. The second-order valence-corrected chi connectivity index (χ2v) is 7.22. The average Bonchev–Trinajstić information content (AvgIpc) is 2.66. The van der Waals surface area contributed by atoms with E-state index in [0.717, 1.165) is 11.6 Å². The molecule has 0 aliphatic carbocycles. The Kier molecular flexibility index (Phi) is 4.78. The lowest BCUT2D eigenvalue weighted by Gasteiger charge is -2.28. The highest BCUT2D eigenvalue weighted by Crippen LogP contribution is 2.30. The van der Waals surface area contributed by atoms with Crippen LogP contribution < -0.4 is 11.3 Å². The van der Waals surface area contributed by atoms with Gasteiger partial charge >= 0.3 is 0 Å². The van der Waals surface area contributed by atoms with Crippen LogP contribution in [0.2, 0.25) is 5.02 Å². The molecule has 0 atom stereocenters. The molecule has 0 amide bonds. The quantitative estimate of drug-likeness (QED) is 0.587. The van der Waals surface area contributed by atoms with Gasteiger partial charge in [0.25, 0.3) is 5.56 Å². The molecule has 0 fully saturated rings. The van der Waals surface area contributed by atoms with Crippen molar-refractivity contribution in [3.05, 3.63) is 74.4 Å². The van der Waals surface area contributed by atoms with Gasteiger partial charge in [-0.15, -0.1) is 0 Å². The number of H-pyrrole nitrogens is 1. The molecule has 0 bridgehead atoms. The number of nitrogens with two attached hydrogens (primary N) is 1. The van der Waals surface area contributed by atoms with Crippen LogP contribution in [0.1, 0.15) is 16.8 Å². The molecule has 4 rings (SSSR count). The number of hydrogen-bond donors (Lipinski definition) is 3. The fourth-order valence-electron chi connectivity index (χ4n) is 3.39. The van der Waals surface area contributed by atoms with E-state index in [9.17, 15) is 14.3 Å². The van der Waals surface area contributed by atoms with E-state index < -0.39 is 5.82 Å². The number of anilines is 1. The molecule has 0 radical (unpaired) electrons. The lowest BCUT2D eigenvalue weighted by atomic mass is 10.0. The van der Waals surface area contributed by atoms with Crippen molar-refractivity contribution in [2.24, 2.45) is 0 Å². The Labute approximate surface area is 165 Å². The van der Waals surface area contributed by atoms with E-state index in [1.165, 1.54) is 6.07 Å². The molecule has 8 heteroatoms. The van der Waals surface area contributed by atoms with Crippen LogP contribution in [0.3, 0.4) is 0 Å². The molecular weight excluding hydrogens is 383 g/mol. The van der Waals surface area contributed by atoms with E-state index >= 15 is 0 Å². The van der Waals surface area contributed by atoms with Crippen molar-refractivity contribution in [2.75, 3.05) is 12.3 Å². The Morgan fingerprint density at radius 1 is 1.29 bits per heavy atom. The number of phenolic OH excluding ortho intramolecular Hbond substituents is 1. The van der Waals surface area contributed by atoms with Crippen LogP contribution in [0.4, 0.5) is 10.1 Å². The zero-order chi connectivity index (χ0) is 19.8. The Morgan fingerprint density at radius 3 is 2.79 bits per heavy atom. The first-order valence-electron chi connectivity index (χ1n) is 8.78. The van der Waals surface area contributed by atoms with E-state index in [0.29, 0.717) is 54.4 Å². The van der Waals surface area contributed by atoms with Crippen molar-refractivity contribution < 1.29 is 9.50 Å². The highest BCUT2D eigenvalue weighted by atomic mass is 35.5. The van der Waals surface area contributed by atoms with Gasteiger partial charge < -0.3 is 15.8 Å². The van der Waals surface area contributed by atoms with Crippen LogP contribution in [-0.4, -0.2) is 26.5 Å². The molecule has 0 spiro atoms. The molecule has 3 aromatic rings. The van der Waals surface area contributed by atoms with Gasteiger partial charge in [0.2, 0.25) is 0 Å². The van der Waals surface area contributed by atoms with Crippen molar-refractivity contribution in [2.45, 2.75) is 19.5 Å². The number of halogens is 2. The lowest BCUT2D eigenvalue weighted by Crippen LogP contribution is -2.35. The fourth-order valence-corrected chi connectivity index (χ4v) is 3.61. The zero-order valence-corrected chi connectivity index (χ0v) is 15.6. The number of aromatic hydroxyl groups is 1. The summed E-state index contributed by atoms with van der Waals surface area (Å²) in [7, 11) is 0. The molecule has 0 saturated heterocycles. The Hall–Kier alpha value is -2.90. The van der Waals surface area contributed by atoms with Gasteiger partial charge in [0.15, 0.2) is 0 Å². The lowest BCUT2D eigenvalue weighted by molar-refractivity contribution is 0.237. The van der Waals surface area contributed by atoms with E-state index in [-0.39, 0.29) is 16.3 Å². The van der Waals surface area contributed by atoms with Gasteiger partial charge in [-0.1, -0.05) is 11.6 Å². The molecule has 144 valence electrons. The number of nitrogen functional groups attached to an aromatic ring is 1. The number of rotatable bonds is 3. The number of aromatic nitrogens is 2. The maximum Gasteiger partial charge on any atom is 0.254 e. The first-order chi connectivity index (χ1) is 13.4. The van der Waals surface area contributed by atoms with Crippen LogP contribution in [0.25, 0.3) is 11.4 Å². The maximum absolute atomic E-state index is 13.6. The summed E-state index contributed by atoms with van der Waals surface area (Å²) in [6.07, 6.45) is 0.517. The molecule has 1 aromatic heterocycles. The summed E-state index contributed by atoms with van der Waals surface area (Å²) < 4.78 is 13.6. The molecule has 1 aliphatic heterocycles. The Bertz CT molecular complexity index is 1100. The minimum atomic E-state index is -0.504. The summed E-state index contributed by atoms with van der Waals surface area (Å²) in [6, 6.07) is 9.43. The average molecular weight is 401 g/mol. The molecule has 4 N–H and O–H groups in total. The standard InChI is InChI=1S/C20H18ClFN4O2/c21-16-8-13(22)7-12(18(16)27)9-26-6-5-15-17(10-26)24-19(25-20(15)28)11-1-3-14(23)4-2-11/h1-4,7-8,27H,5-6,9-10,23H2,(H,24,25,28). The van der Waals surface area contributed by atoms with E-state index in [2.05, 4.69) is 9.97 Å². The Morgan fingerprint density at radius 2 is 2.04 bits per heavy atom. The van der Waals surface area contributed by atoms with E-state index in [4.69, 9.17) is 17.3 Å². The van der Waals surface area contributed by atoms with Gasteiger partial charge in [-0.2, -0.15) is 0 Å². The first-order valence-corrected chi connectivity index (χ1v) is 9.15. The smallest absolute Gasteiger partial charge is 0.254 e. The molecule has 6 nitrogen and oxygen atoms in total. The van der Waals surface area contributed by atoms with E-state index in [1.54, 1.807) is 24.3 Å². The van der Waals surface area contributed by atoms with Gasteiger partial charge in [-0.3, -0.25) is 9.69 Å². The van der Waals surface area contributed by atoms with Crippen LogP contribution in [-0.2, 0) is 19.5 Å². The van der Waals surface area contributed by atoms with Crippen LogP contribution in [0.5, 0.6) is 5.75 Å². The third-order valence-electron chi connectivity index (χ3n) is 4.84. The second-order valence-electron chi connectivity index (χ2n) is 6.82. The Balaban J connectivity index is 1.63. The minimum Gasteiger partial charge on any atom is -0.506 e. The largest absolute Gasteiger partial charge is 0.506 e. The topological polar surface area (TPSA) is 95.2 Å². The third kappa shape index (κ3) is 3.58. The fraction of sp³-hybridized carbons (Fsp3) is 0.200. The van der Waals surface area contributed by atoms with Crippen molar-refractivity contribution in [3.63, 3.8) is 0 Å². The maximum atomic E-state index is 13.6. The van der Waals surface area contributed by atoms with Gasteiger partial charge in [-0.25, -0.2) is 9.37 Å². The van der Waals surface area contributed by atoms with Gasteiger partial charge in [0, 0.05) is 42.0 Å². The molecule has 2 aromatic carbocycles. The summed E-state index contributed by atoms with van der Waals surface area (Å²) in [4.78, 5) is 21.9. The van der Waals surface area contributed by atoms with E-state index in [1.807, 2.05) is 4.90 Å². The molecule has 1 aliphatic rings. The van der Waals surface area contributed by atoms with Crippen molar-refractivity contribution in [3.8, 4) is 17.1 Å². The number of benzene rings is 2. The number of fused-ring (bicyclic) bond motifs is 1. The number of hydrogen-bond acceptors (Lipinski definition) is 5. The highest BCUT2D eigenvalue weighted by molar-refractivity contribution is 6.32. The zero-order valence-electron chi connectivity index (χ0n) is 14.9. The number of phenols is 1. The molecule has 0 unspecified atom stereocenters. The predicted octanol–water partition coefficient (Wildman–Crippen LogP) is 3.08. The minimum absolute atomic E-state index is 0.0207. The number of nitrogens with zero attached hydrogens (tertiary/aromatic N) is 2. The summed E-state index contributed by atoms with van der Waals surface area (Å²) in [6.45, 7) is 1.30. The van der Waals surface area contributed by atoms with Gasteiger partial charge in [0.05, 0.1) is 10.7 Å². The van der Waals surface area contributed by atoms with Crippen LogP contribution in [0, 0.1) is 5.82 Å². The third-order valence-corrected chi connectivity index (χ3v) is 5.13. The number of nitrogens with one attached hydrogen (secondary N) is 1. The predicted molar refractivity (Wildman–Crippen MR) is 106 cm³/mol. The molecular formula is C20H18ClFN4O2. The number of aromatic amines is 1.